The zero-order valence-corrected chi connectivity index (χ0v) is 16.8. The average molecular weight is 387 g/mol. The molecule has 0 radical (unpaired) electrons. The molecule has 4 rings (SSSR count). The highest BCUT2D eigenvalue weighted by molar-refractivity contribution is 5.68. The Morgan fingerprint density at radius 2 is 1.69 bits per heavy atom. The summed E-state index contributed by atoms with van der Waals surface area (Å²) >= 11 is 0. The fraction of sp³-hybridized carbons (Fsp3) is 0.261. The topological polar surface area (TPSA) is 61.4 Å². The number of nitrogens with one attached hydrogen (secondary N) is 1. The van der Waals surface area contributed by atoms with E-state index in [2.05, 4.69) is 54.4 Å². The Balaban J connectivity index is 1.70. The molecule has 1 fully saturated rings. The molecular weight excluding hydrogens is 362 g/mol. The van der Waals surface area contributed by atoms with Gasteiger partial charge in [-0.15, -0.1) is 0 Å². The highest BCUT2D eigenvalue weighted by Crippen LogP contribution is 2.27. The molecule has 1 amide bonds. The van der Waals surface area contributed by atoms with Gasteiger partial charge in [0.15, 0.2) is 0 Å². The van der Waals surface area contributed by atoms with E-state index < -0.39 is 0 Å². The highest BCUT2D eigenvalue weighted by Gasteiger charge is 2.19. The van der Waals surface area contributed by atoms with E-state index in [1.807, 2.05) is 24.3 Å². The summed E-state index contributed by atoms with van der Waals surface area (Å²) in [5.74, 6) is 1.45. The SMILES string of the molecule is Cc1ccc(C)c(Nc2nc(-c3ccccc3)cc(N3CCN(C=O)CC3)n2)c1. The third-order valence-corrected chi connectivity index (χ3v) is 5.21. The number of anilines is 3. The van der Waals surface area contributed by atoms with Crippen LogP contribution in [-0.4, -0.2) is 47.5 Å². The predicted octanol–water partition coefficient (Wildman–Crippen LogP) is 3.78. The van der Waals surface area contributed by atoms with Gasteiger partial charge in [-0.05, 0) is 31.0 Å². The maximum absolute atomic E-state index is 11.0. The van der Waals surface area contributed by atoms with Gasteiger partial charge in [0, 0.05) is 43.5 Å². The number of aryl methyl sites for hydroxylation is 2. The van der Waals surface area contributed by atoms with Gasteiger partial charge in [-0.1, -0.05) is 42.5 Å². The van der Waals surface area contributed by atoms with E-state index in [0.29, 0.717) is 19.0 Å². The zero-order valence-electron chi connectivity index (χ0n) is 16.8. The van der Waals surface area contributed by atoms with Crippen LogP contribution in [-0.2, 0) is 4.79 Å². The van der Waals surface area contributed by atoms with E-state index in [1.165, 1.54) is 5.56 Å². The van der Waals surface area contributed by atoms with Crippen LogP contribution in [0, 0.1) is 13.8 Å². The lowest BCUT2D eigenvalue weighted by atomic mass is 10.1. The second-order valence-electron chi connectivity index (χ2n) is 7.37. The molecule has 0 unspecified atom stereocenters. The number of hydrogen-bond acceptors (Lipinski definition) is 5. The van der Waals surface area contributed by atoms with Crippen LogP contribution >= 0.6 is 0 Å². The molecule has 1 aromatic heterocycles. The van der Waals surface area contributed by atoms with Crippen LogP contribution in [0.5, 0.6) is 0 Å². The average Bonchev–Trinajstić information content (AvgIpc) is 2.77. The van der Waals surface area contributed by atoms with E-state index >= 15 is 0 Å². The van der Waals surface area contributed by atoms with E-state index in [0.717, 1.165) is 47.8 Å². The van der Waals surface area contributed by atoms with Crippen molar-refractivity contribution in [3.63, 3.8) is 0 Å². The van der Waals surface area contributed by atoms with Gasteiger partial charge in [-0.25, -0.2) is 4.98 Å². The first kappa shape index (κ1) is 18.9. The second-order valence-corrected chi connectivity index (χ2v) is 7.37. The van der Waals surface area contributed by atoms with Crippen molar-refractivity contribution in [1.29, 1.82) is 0 Å². The minimum atomic E-state index is 0.577. The largest absolute Gasteiger partial charge is 0.353 e. The summed E-state index contributed by atoms with van der Waals surface area (Å²) in [6, 6.07) is 18.5. The number of carbonyl (C=O) groups excluding carboxylic acids is 1. The Morgan fingerprint density at radius 1 is 0.931 bits per heavy atom. The van der Waals surface area contributed by atoms with Gasteiger partial charge in [0.2, 0.25) is 12.4 Å². The lowest BCUT2D eigenvalue weighted by Gasteiger charge is -2.33. The van der Waals surface area contributed by atoms with Gasteiger partial charge in [-0.2, -0.15) is 4.98 Å². The maximum Gasteiger partial charge on any atom is 0.229 e. The van der Waals surface area contributed by atoms with Crippen molar-refractivity contribution in [1.82, 2.24) is 14.9 Å². The molecule has 2 aromatic carbocycles. The number of piperazine rings is 1. The van der Waals surface area contributed by atoms with E-state index in [9.17, 15) is 4.79 Å². The van der Waals surface area contributed by atoms with Crippen LogP contribution in [0.3, 0.4) is 0 Å². The fourth-order valence-corrected chi connectivity index (χ4v) is 3.46. The minimum absolute atomic E-state index is 0.577. The normalized spacial score (nSPS) is 14.0. The number of aromatic nitrogens is 2. The number of carbonyl (C=O) groups is 1. The standard InChI is InChI=1S/C23H25N5O/c1-17-8-9-18(2)20(14-17)24-23-25-21(19-6-4-3-5-7-19)15-22(26-23)28-12-10-27(16-29)11-13-28/h3-9,14-16H,10-13H2,1-2H3,(H,24,25,26). The van der Waals surface area contributed by atoms with Gasteiger partial charge in [0.1, 0.15) is 5.82 Å². The Kier molecular flexibility index (Phi) is 5.42. The first-order valence-corrected chi connectivity index (χ1v) is 9.85. The Bertz CT molecular complexity index is 997. The van der Waals surface area contributed by atoms with Gasteiger partial charge in [-0.3, -0.25) is 4.79 Å². The molecule has 148 valence electrons. The molecule has 6 nitrogen and oxygen atoms in total. The van der Waals surface area contributed by atoms with Crippen LogP contribution in [0.4, 0.5) is 17.5 Å². The zero-order chi connectivity index (χ0) is 20.2. The van der Waals surface area contributed by atoms with Crippen molar-refractivity contribution in [2.24, 2.45) is 0 Å². The summed E-state index contributed by atoms with van der Waals surface area (Å²) in [6.45, 7) is 7.06. The molecule has 29 heavy (non-hydrogen) atoms. The van der Waals surface area contributed by atoms with Crippen LogP contribution < -0.4 is 10.2 Å². The predicted molar refractivity (Wildman–Crippen MR) is 117 cm³/mol. The molecule has 0 spiro atoms. The lowest BCUT2D eigenvalue weighted by Crippen LogP contribution is -2.46. The Hall–Kier alpha value is -3.41. The van der Waals surface area contributed by atoms with Gasteiger partial charge in [0.05, 0.1) is 5.69 Å². The van der Waals surface area contributed by atoms with Crippen LogP contribution in [0.1, 0.15) is 11.1 Å². The summed E-state index contributed by atoms with van der Waals surface area (Å²) in [5, 5.41) is 3.41. The Morgan fingerprint density at radius 3 is 2.41 bits per heavy atom. The van der Waals surface area contributed by atoms with Crippen LogP contribution in [0.2, 0.25) is 0 Å². The maximum atomic E-state index is 11.0. The smallest absolute Gasteiger partial charge is 0.229 e. The first-order chi connectivity index (χ1) is 14.1. The van der Waals surface area contributed by atoms with Crippen LogP contribution in [0.25, 0.3) is 11.3 Å². The summed E-state index contributed by atoms with van der Waals surface area (Å²) in [4.78, 5) is 24.6. The van der Waals surface area contributed by atoms with Gasteiger partial charge in [0.25, 0.3) is 0 Å². The molecule has 3 aromatic rings. The summed E-state index contributed by atoms with van der Waals surface area (Å²) in [7, 11) is 0. The number of benzene rings is 2. The highest BCUT2D eigenvalue weighted by atomic mass is 16.1. The number of hydrogen-bond donors (Lipinski definition) is 1. The van der Waals surface area contributed by atoms with Crippen molar-refractivity contribution >= 4 is 23.9 Å². The molecular formula is C23H25N5O. The quantitative estimate of drug-likeness (QED) is 0.675. The van der Waals surface area contributed by atoms with Crippen molar-refractivity contribution in [3.05, 3.63) is 65.7 Å². The number of amides is 1. The first-order valence-electron chi connectivity index (χ1n) is 9.85. The van der Waals surface area contributed by atoms with Crippen molar-refractivity contribution < 1.29 is 4.79 Å². The third-order valence-electron chi connectivity index (χ3n) is 5.21. The number of rotatable bonds is 5. The van der Waals surface area contributed by atoms with Crippen LogP contribution in [0.15, 0.2) is 54.6 Å². The number of nitrogens with zero attached hydrogens (tertiary/aromatic N) is 4. The van der Waals surface area contributed by atoms with Crippen molar-refractivity contribution in [2.45, 2.75) is 13.8 Å². The molecule has 6 heteroatoms. The molecule has 0 aliphatic carbocycles. The van der Waals surface area contributed by atoms with Crippen molar-refractivity contribution in [3.8, 4) is 11.3 Å². The van der Waals surface area contributed by atoms with E-state index in [4.69, 9.17) is 9.97 Å². The molecule has 0 atom stereocenters. The minimum Gasteiger partial charge on any atom is -0.353 e. The lowest BCUT2D eigenvalue weighted by molar-refractivity contribution is -0.118. The van der Waals surface area contributed by atoms with Gasteiger partial charge < -0.3 is 15.1 Å². The summed E-state index contributed by atoms with van der Waals surface area (Å²) < 4.78 is 0. The summed E-state index contributed by atoms with van der Waals surface area (Å²) in [6.07, 6.45) is 0.917. The Labute approximate surface area is 171 Å². The molecule has 1 N–H and O–H groups in total. The molecule has 1 saturated heterocycles. The monoisotopic (exact) mass is 387 g/mol. The summed E-state index contributed by atoms with van der Waals surface area (Å²) in [5.41, 5.74) is 5.26. The second kappa shape index (κ2) is 8.31. The van der Waals surface area contributed by atoms with E-state index in [1.54, 1.807) is 4.90 Å². The van der Waals surface area contributed by atoms with Crippen molar-refractivity contribution in [2.75, 3.05) is 36.4 Å². The molecule has 1 aliphatic heterocycles. The molecule has 1 aliphatic rings. The third kappa shape index (κ3) is 4.37. The fourth-order valence-electron chi connectivity index (χ4n) is 3.46. The molecule has 2 heterocycles. The van der Waals surface area contributed by atoms with E-state index in [-0.39, 0.29) is 0 Å². The molecule has 0 saturated carbocycles. The molecule has 0 bridgehead atoms. The van der Waals surface area contributed by atoms with Gasteiger partial charge >= 0.3 is 0 Å².